The number of pyridine rings is 1. The van der Waals surface area contributed by atoms with Gasteiger partial charge in [0.15, 0.2) is 5.65 Å². The molecule has 5 heteroatoms. The number of aryl methyl sites for hydroxylation is 1. The quantitative estimate of drug-likeness (QED) is 0.331. The largest absolute Gasteiger partial charge is 0.226 e. The van der Waals surface area contributed by atoms with Gasteiger partial charge >= 0.3 is 0 Å². The summed E-state index contributed by atoms with van der Waals surface area (Å²) in [6.07, 6.45) is 0. The van der Waals surface area contributed by atoms with Gasteiger partial charge in [-0.2, -0.15) is 10.4 Å². The summed E-state index contributed by atoms with van der Waals surface area (Å²) in [5.41, 5.74) is 6.10. The molecule has 3 aromatic carbocycles. The van der Waals surface area contributed by atoms with Crippen molar-refractivity contribution in [2.24, 2.45) is 0 Å². The Kier molecular flexibility index (Phi) is 4.74. The molecule has 0 N–H and O–H groups in total. The molecule has 0 radical (unpaired) electrons. The molecule has 5 rings (SSSR count). The highest BCUT2D eigenvalue weighted by atomic mass is 35.5. The lowest BCUT2D eigenvalue weighted by atomic mass is 9.93. The molecule has 0 saturated heterocycles. The predicted molar refractivity (Wildman–Crippen MR) is 124 cm³/mol. The zero-order chi connectivity index (χ0) is 21.4. The van der Waals surface area contributed by atoms with E-state index in [1.165, 1.54) is 0 Å². The first-order valence-electron chi connectivity index (χ1n) is 9.87. The Labute approximate surface area is 185 Å². The molecule has 0 aliphatic carbocycles. The molecule has 148 valence electrons. The Hall–Kier alpha value is -3.94. The monoisotopic (exact) mass is 420 g/mol. The van der Waals surface area contributed by atoms with E-state index < -0.39 is 0 Å². The van der Waals surface area contributed by atoms with Crippen molar-refractivity contribution in [1.82, 2.24) is 14.8 Å². The minimum Gasteiger partial charge on any atom is -0.226 e. The van der Waals surface area contributed by atoms with Crippen molar-refractivity contribution in [2.45, 2.75) is 6.92 Å². The number of halogens is 1. The number of fused-ring (bicyclic) bond motifs is 1. The number of para-hydroxylation sites is 1. The molecular weight excluding hydrogens is 404 g/mol. The molecule has 0 saturated carbocycles. The van der Waals surface area contributed by atoms with E-state index in [4.69, 9.17) is 21.7 Å². The van der Waals surface area contributed by atoms with E-state index in [-0.39, 0.29) is 0 Å². The zero-order valence-electron chi connectivity index (χ0n) is 16.7. The van der Waals surface area contributed by atoms with Gasteiger partial charge in [0.25, 0.3) is 0 Å². The first-order chi connectivity index (χ1) is 15.2. The molecule has 0 fully saturated rings. The highest BCUT2D eigenvalue weighted by Gasteiger charge is 2.23. The third kappa shape index (κ3) is 3.26. The first kappa shape index (κ1) is 19.0. The Morgan fingerprint density at radius 3 is 2.23 bits per heavy atom. The maximum Gasteiger partial charge on any atom is 0.164 e. The van der Waals surface area contributed by atoms with Crippen LogP contribution in [0.1, 0.15) is 11.3 Å². The zero-order valence-corrected chi connectivity index (χ0v) is 17.5. The number of hydrogen-bond acceptors (Lipinski definition) is 3. The minimum absolute atomic E-state index is 0.511. The van der Waals surface area contributed by atoms with Gasteiger partial charge < -0.3 is 0 Å². The van der Waals surface area contributed by atoms with Crippen molar-refractivity contribution >= 4 is 22.6 Å². The smallest absolute Gasteiger partial charge is 0.164 e. The SMILES string of the molecule is Cc1nn(-c2ccccc2)c2nc(-c3ccccc3)c(C#N)c(-c3cccc(Cl)c3)c12. The third-order valence-electron chi connectivity index (χ3n) is 5.26. The Balaban J connectivity index is 1.96. The lowest BCUT2D eigenvalue weighted by molar-refractivity contribution is 0.878. The van der Waals surface area contributed by atoms with Gasteiger partial charge in [-0.25, -0.2) is 9.67 Å². The summed E-state index contributed by atoms with van der Waals surface area (Å²) in [6.45, 7) is 1.95. The van der Waals surface area contributed by atoms with Gasteiger partial charge in [-0.3, -0.25) is 0 Å². The third-order valence-corrected chi connectivity index (χ3v) is 5.50. The van der Waals surface area contributed by atoms with Crippen molar-refractivity contribution in [2.75, 3.05) is 0 Å². The van der Waals surface area contributed by atoms with E-state index in [1.807, 2.05) is 96.5 Å². The van der Waals surface area contributed by atoms with Crippen LogP contribution in [-0.4, -0.2) is 14.8 Å². The molecule has 4 nitrogen and oxygen atoms in total. The van der Waals surface area contributed by atoms with Gasteiger partial charge in [-0.15, -0.1) is 0 Å². The van der Waals surface area contributed by atoms with Gasteiger partial charge in [0.2, 0.25) is 0 Å². The van der Waals surface area contributed by atoms with Crippen LogP contribution in [-0.2, 0) is 0 Å². The van der Waals surface area contributed by atoms with E-state index in [0.717, 1.165) is 33.5 Å². The van der Waals surface area contributed by atoms with Crippen LogP contribution >= 0.6 is 11.6 Å². The summed E-state index contributed by atoms with van der Waals surface area (Å²) < 4.78 is 1.84. The molecule has 0 aliphatic rings. The Bertz CT molecular complexity index is 1450. The van der Waals surface area contributed by atoms with Crippen LogP contribution in [0.25, 0.3) is 39.1 Å². The average Bonchev–Trinajstić information content (AvgIpc) is 3.15. The number of rotatable bonds is 3. The number of benzene rings is 3. The molecule has 2 aromatic heterocycles. The number of nitriles is 1. The fraction of sp³-hybridized carbons (Fsp3) is 0.0385. The van der Waals surface area contributed by atoms with Crippen LogP contribution in [0.3, 0.4) is 0 Å². The van der Waals surface area contributed by atoms with Crippen LogP contribution in [0.5, 0.6) is 0 Å². The summed E-state index contributed by atoms with van der Waals surface area (Å²) in [4.78, 5) is 4.97. The van der Waals surface area contributed by atoms with Crippen LogP contribution < -0.4 is 0 Å². The number of aromatic nitrogens is 3. The molecule has 31 heavy (non-hydrogen) atoms. The van der Waals surface area contributed by atoms with E-state index in [2.05, 4.69) is 6.07 Å². The van der Waals surface area contributed by atoms with E-state index in [1.54, 1.807) is 0 Å². The number of hydrogen-bond donors (Lipinski definition) is 0. The minimum atomic E-state index is 0.511. The summed E-state index contributed by atoms with van der Waals surface area (Å²) in [5.74, 6) is 0. The van der Waals surface area contributed by atoms with Crippen molar-refractivity contribution in [1.29, 1.82) is 5.26 Å². The van der Waals surface area contributed by atoms with Crippen molar-refractivity contribution in [3.8, 4) is 34.1 Å². The summed E-state index contributed by atoms with van der Waals surface area (Å²) in [5, 5.41) is 16.5. The average molecular weight is 421 g/mol. The highest BCUT2D eigenvalue weighted by Crippen LogP contribution is 2.39. The van der Waals surface area contributed by atoms with Gasteiger partial charge in [0.1, 0.15) is 6.07 Å². The summed E-state index contributed by atoms with van der Waals surface area (Å²) in [7, 11) is 0. The molecule has 0 bridgehead atoms. The fourth-order valence-corrected chi connectivity index (χ4v) is 4.10. The second-order valence-corrected chi connectivity index (χ2v) is 7.67. The van der Waals surface area contributed by atoms with Gasteiger partial charge in [-0.05, 0) is 36.8 Å². The standard InChI is InChI=1S/C26H17ClN4/c1-17-23-24(19-11-8-12-20(27)15-19)22(16-28)25(18-9-4-2-5-10-18)29-26(23)31(30-17)21-13-6-3-7-14-21/h2-15H,1H3. The first-order valence-corrected chi connectivity index (χ1v) is 10.3. The molecule has 0 amide bonds. The molecule has 0 unspecified atom stereocenters. The molecular formula is C26H17ClN4. The molecule has 0 aliphatic heterocycles. The molecule has 0 spiro atoms. The van der Waals surface area contributed by atoms with Gasteiger partial charge in [0, 0.05) is 16.1 Å². The fourth-order valence-electron chi connectivity index (χ4n) is 3.91. The van der Waals surface area contributed by atoms with Gasteiger partial charge in [0.05, 0.1) is 28.0 Å². The summed E-state index contributed by atoms with van der Waals surface area (Å²) >= 11 is 6.32. The van der Waals surface area contributed by atoms with Gasteiger partial charge in [-0.1, -0.05) is 72.3 Å². The summed E-state index contributed by atoms with van der Waals surface area (Å²) in [6, 6.07) is 29.6. The molecule has 2 heterocycles. The van der Waals surface area contributed by atoms with Crippen molar-refractivity contribution in [3.05, 3.63) is 101 Å². The Morgan fingerprint density at radius 1 is 0.871 bits per heavy atom. The normalized spacial score (nSPS) is 10.9. The van der Waals surface area contributed by atoms with E-state index in [0.29, 0.717) is 21.9 Å². The van der Waals surface area contributed by atoms with Crippen LogP contribution in [0, 0.1) is 18.3 Å². The molecule has 0 atom stereocenters. The topological polar surface area (TPSA) is 54.5 Å². The van der Waals surface area contributed by atoms with Crippen LogP contribution in [0.2, 0.25) is 5.02 Å². The maximum atomic E-state index is 10.2. The number of nitrogens with zero attached hydrogens (tertiary/aromatic N) is 4. The van der Waals surface area contributed by atoms with Crippen molar-refractivity contribution < 1.29 is 0 Å². The second kappa shape index (κ2) is 7.71. The molecule has 5 aromatic rings. The van der Waals surface area contributed by atoms with Crippen LogP contribution in [0.4, 0.5) is 0 Å². The van der Waals surface area contributed by atoms with Crippen molar-refractivity contribution in [3.63, 3.8) is 0 Å². The predicted octanol–water partition coefficient (Wildman–Crippen LogP) is 6.59. The van der Waals surface area contributed by atoms with Crippen LogP contribution in [0.15, 0.2) is 84.9 Å². The second-order valence-electron chi connectivity index (χ2n) is 7.23. The van der Waals surface area contributed by atoms with E-state index in [9.17, 15) is 5.26 Å². The lowest BCUT2D eigenvalue weighted by Crippen LogP contribution is -2.01. The van der Waals surface area contributed by atoms with E-state index >= 15 is 0 Å². The lowest BCUT2D eigenvalue weighted by Gasteiger charge is -2.13. The highest BCUT2D eigenvalue weighted by molar-refractivity contribution is 6.31. The maximum absolute atomic E-state index is 10.2. The Morgan fingerprint density at radius 2 is 1.55 bits per heavy atom.